The van der Waals surface area contributed by atoms with Gasteiger partial charge in [-0.05, 0) is 36.9 Å². The van der Waals surface area contributed by atoms with E-state index in [0.717, 1.165) is 30.3 Å². The van der Waals surface area contributed by atoms with Crippen LogP contribution in [-0.2, 0) is 0 Å². The molecule has 0 spiro atoms. The number of benzene rings is 1. The molecule has 2 aromatic heterocycles. The zero-order valence-electron chi connectivity index (χ0n) is 12.3. The molecular formula is C16H16ClN5O. The Morgan fingerprint density at radius 3 is 3.09 bits per heavy atom. The van der Waals surface area contributed by atoms with Crippen LogP contribution in [0.15, 0.2) is 22.6 Å². The van der Waals surface area contributed by atoms with Crippen LogP contribution in [-0.4, -0.2) is 29.1 Å². The number of rotatable bonds is 3. The van der Waals surface area contributed by atoms with Gasteiger partial charge in [-0.1, -0.05) is 17.7 Å². The number of nitrogen functional groups attached to an aromatic ring is 1. The molecule has 2 aliphatic rings. The van der Waals surface area contributed by atoms with Gasteiger partial charge in [0.2, 0.25) is 5.95 Å². The van der Waals surface area contributed by atoms with Gasteiger partial charge in [0.25, 0.3) is 0 Å². The summed E-state index contributed by atoms with van der Waals surface area (Å²) in [6.07, 6.45) is 1.33. The standard InChI is InChI=1S/C16H16ClN5O/c17-9-2-1-3-11-12(9)13-14(23-11)15(22-16(18)21-13)20-6-10-8-4-7(8)5-19-10/h1-3,7-8,10,19H,4-6H2,(H3,18,20,21,22). The van der Waals surface area contributed by atoms with Crippen LogP contribution in [0.1, 0.15) is 6.42 Å². The summed E-state index contributed by atoms with van der Waals surface area (Å²) in [5, 5.41) is 8.29. The van der Waals surface area contributed by atoms with E-state index in [2.05, 4.69) is 20.6 Å². The molecule has 1 aliphatic carbocycles. The molecule has 5 rings (SSSR count). The Balaban J connectivity index is 1.57. The van der Waals surface area contributed by atoms with Crippen LogP contribution in [0.25, 0.3) is 22.1 Å². The summed E-state index contributed by atoms with van der Waals surface area (Å²) in [6.45, 7) is 1.93. The second-order valence-corrected chi connectivity index (χ2v) is 6.79. The van der Waals surface area contributed by atoms with E-state index in [1.807, 2.05) is 18.2 Å². The summed E-state index contributed by atoms with van der Waals surface area (Å²) in [5.74, 6) is 2.50. The molecule has 1 saturated carbocycles. The lowest BCUT2D eigenvalue weighted by Crippen LogP contribution is -2.33. The predicted molar refractivity (Wildman–Crippen MR) is 90.6 cm³/mol. The minimum Gasteiger partial charge on any atom is -0.450 e. The average molecular weight is 330 g/mol. The monoisotopic (exact) mass is 329 g/mol. The van der Waals surface area contributed by atoms with Crippen molar-refractivity contribution in [3.8, 4) is 0 Å². The summed E-state index contributed by atoms with van der Waals surface area (Å²) in [7, 11) is 0. The number of anilines is 2. The van der Waals surface area contributed by atoms with E-state index in [9.17, 15) is 0 Å². The van der Waals surface area contributed by atoms with Crippen molar-refractivity contribution in [1.29, 1.82) is 0 Å². The van der Waals surface area contributed by atoms with Crippen molar-refractivity contribution in [2.75, 3.05) is 24.1 Å². The minimum absolute atomic E-state index is 0.214. The van der Waals surface area contributed by atoms with Crippen LogP contribution in [0.3, 0.4) is 0 Å². The molecule has 3 aromatic rings. The predicted octanol–water partition coefficient (Wildman–Crippen LogP) is 2.63. The Kier molecular flexibility index (Phi) is 2.75. The van der Waals surface area contributed by atoms with Crippen LogP contribution in [0, 0.1) is 11.8 Å². The average Bonchev–Trinajstić information content (AvgIpc) is 3.04. The third-order valence-electron chi connectivity index (χ3n) is 4.93. The lowest BCUT2D eigenvalue weighted by molar-refractivity contribution is 0.555. The molecule has 118 valence electrons. The number of nitrogens with two attached hydrogens (primary N) is 1. The number of hydrogen-bond acceptors (Lipinski definition) is 6. The van der Waals surface area contributed by atoms with E-state index in [1.165, 1.54) is 6.42 Å². The molecule has 0 bridgehead atoms. The van der Waals surface area contributed by atoms with Gasteiger partial charge in [-0.2, -0.15) is 4.98 Å². The van der Waals surface area contributed by atoms with Gasteiger partial charge in [-0.25, -0.2) is 4.98 Å². The number of halogens is 1. The zero-order valence-corrected chi connectivity index (χ0v) is 13.1. The third-order valence-corrected chi connectivity index (χ3v) is 5.25. The van der Waals surface area contributed by atoms with E-state index in [1.54, 1.807) is 0 Å². The van der Waals surface area contributed by atoms with Gasteiger partial charge in [0, 0.05) is 12.6 Å². The summed E-state index contributed by atoms with van der Waals surface area (Å²) in [5.41, 5.74) is 7.83. The quantitative estimate of drug-likeness (QED) is 0.684. The maximum atomic E-state index is 6.30. The smallest absolute Gasteiger partial charge is 0.222 e. The third kappa shape index (κ3) is 2.05. The Morgan fingerprint density at radius 2 is 2.30 bits per heavy atom. The largest absolute Gasteiger partial charge is 0.450 e. The fourth-order valence-corrected chi connectivity index (χ4v) is 3.92. The van der Waals surface area contributed by atoms with Crippen LogP contribution in [0.5, 0.6) is 0 Å². The molecule has 7 heteroatoms. The Morgan fingerprint density at radius 1 is 1.39 bits per heavy atom. The molecule has 3 atom stereocenters. The molecule has 0 amide bonds. The summed E-state index contributed by atoms with van der Waals surface area (Å²) in [6, 6.07) is 6.03. The highest BCUT2D eigenvalue weighted by Crippen LogP contribution is 2.45. The molecule has 23 heavy (non-hydrogen) atoms. The van der Waals surface area contributed by atoms with E-state index in [0.29, 0.717) is 33.6 Å². The van der Waals surface area contributed by atoms with Crippen molar-refractivity contribution in [2.24, 2.45) is 11.8 Å². The van der Waals surface area contributed by atoms with Gasteiger partial charge in [0.1, 0.15) is 11.1 Å². The first-order valence-corrected chi connectivity index (χ1v) is 8.20. The fraction of sp³-hybridized carbons (Fsp3) is 0.375. The Hall–Kier alpha value is -2.05. The first kappa shape index (κ1) is 13.4. The minimum atomic E-state index is 0.214. The van der Waals surface area contributed by atoms with E-state index in [4.69, 9.17) is 21.8 Å². The van der Waals surface area contributed by atoms with E-state index in [-0.39, 0.29) is 5.95 Å². The summed E-state index contributed by atoms with van der Waals surface area (Å²) < 4.78 is 5.92. The first-order valence-electron chi connectivity index (χ1n) is 7.82. The summed E-state index contributed by atoms with van der Waals surface area (Å²) >= 11 is 6.30. The molecule has 6 nitrogen and oxygen atoms in total. The van der Waals surface area contributed by atoms with Gasteiger partial charge in [0.05, 0.1) is 10.4 Å². The van der Waals surface area contributed by atoms with Crippen LogP contribution in [0.4, 0.5) is 11.8 Å². The number of hydrogen-bond donors (Lipinski definition) is 3. The highest BCUT2D eigenvalue weighted by atomic mass is 35.5. The van der Waals surface area contributed by atoms with Gasteiger partial charge >= 0.3 is 0 Å². The number of furan rings is 1. The normalized spacial score (nSPS) is 25.9. The molecule has 3 heterocycles. The fourth-order valence-electron chi connectivity index (χ4n) is 3.67. The maximum Gasteiger partial charge on any atom is 0.222 e. The highest BCUT2D eigenvalue weighted by Gasteiger charge is 2.47. The summed E-state index contributed by atoms with van der Waals surface area (Å²) in [4.78, 5) is 8.64. The SMILES string of the molecule is Nc1nc(NCC2NCC3CC32)c2oc3cccc(Cl)c3c2n1. The van der Waals surface area contributed by atoms with E-state index < -0.39 is 0 Å². The van der Waals surface area contributed by atoms with Crippen molar-refractivity contribution in [2.45, 2.75) is 12.5 Å². The molecule has 1 aromatic carbocycles. The molecule has 3 unspecified atom stereocenters. The second kappa shape index (κ2) is 4.72. The molecule has 1 aliphatic heterocycles. The zero-order chi connectivity index (χ0) is 15.6. The molecule has 4 N–H and O–H groups in total. The Labute approximate surface area is 137 Å². The van der Waals surface area contributed by atoms with Crippen molar-refractivity contribution >= 4 is 45.4 Å². The van der Waals surface area contributed by atoms with Crippen molar-refractivity contribution < 1.29 is 4.42 Å². The molecule has 1 saturated heterocycles. The Bertz CT molecular complexity index is 924. The number of piperidine rings is 1. The van der Waals surface area contributed by atoms with Crippen LogP contribution >= 0.6 is 11.6 Å². The van der Waals surface area contributed by atoms with Crippen LogP contribution < -0.4 is 16.4 Å². The van der Waals surface area contributed by atoms with Gasteiger partial charge < -0.3 is 20.8 Å². The lowest BCUT2D eigenvalue weighted by Gasteiger charge is -2.14. The van der Waals surface area contributed by atoms with Crippen molar-refractivity contribution in [3.63, 3.8) is 0 Å². The number of nitrogens with zero attached hydrogens (tertiary/aromatic N) is 2. The molecular weight excluding hydrogens is 314 g/mol. The van der Waals surface area contributed by atoms with Crippen LogP contribution in [0.2, 0.25) is 5.02 Å². The maximum absolute atomic E-state index is 6.30. The van der Waals surface area contributed by atoms with Crippen molar-refractivity contribution in [3.05, 3.63) is 23.2 Å². The van der Waals surface area contributed by atoms with Gasteiger partial charge in [0.15, 0.2) is 11.4 Å². The van der Waals surface area contributed by atoms with Crippen molar-refractivity contribution in [1.82, 2.24) is 15.3 Å². The highest BCUT2D eigenvalue weighted by molar-refractivity contribution is 6.37. The van der Waals surface area contributed by atoms with Gasteiger partial charge in [-0.3, -0.25) is 0 Å². The number of aromatic nitrogens is 2. The first-order chi connectivity index (χ1) is 11.2. The van der Waals surface area contributed by atoms with Gasteiger partial charge in [-0.15, -0.1) is 0 Å². The molecule has 0 radical (unpaired) electrons. The number of nitrogens with one attached hydrogen (secondary N) is 2. The number of fused-ring (bicyclic) bond motifs is 4. The topological polar surface area (TPSA) is 89.0 Å². The van der Waals surface area contributed by atoms with E-state index >= 15 is 0 Å². The molecule has 2 fully saturated rings. The lowest BCUT2D eigenvalue weighted by atomic mass is 10.2. The second-order valence-electron chi connectivity index (χ2n) is 6.38.